The van der Waals surface area contributed by atoms with Crippen molar-refractivity contribution in [3.05, 3.63) is 48.2 Å². The molecule has 7 nitrogen and oxygen atoms in total. The SMILES string of the molecule is CCc1ccccc1-c1cc2cc(NC(=O)[C@@H]3C[C@@H]3C(N)=O)ncc2c(N)n1. The summed E-state index contributed by atoms with van der Waals surface area (Å²) in [6.07, 6.45) is 2.97. The Bertz CT molecular complexity index is 1100. The molecule has 2 atom stereocenters. The van der Waals surface area contributed by atoms with Crippen LogP contribution in [0.3, 0.4) is 0 Å². The highest BCUT2D eigenvalue weighted by Crippen LogP contribution is 2.39. The van der Waals surface area contributed by atoms with E-state index in [2.05, 4.69) is 28.3 Å². The van der Waals surface area contributed by atoms with Crippen molar-refractivity contribution in [1.29, 1.82) is 0 Å². The minimum Gasteiger partial charge on any atom is -0.383 e. The number of pyridine rings is 2. The Labute approximate surface area is 162 Å². The Balaban J connectivity index is 1.67. The first-order valence-corrected chi connectivity index (χ1v) is 9.22. The van der Waals surface area contributed by atoms with E-state index in [0.29, 0.717) is 18.1 Å². The first kappa shape index (κ1) is 17.9. The minimum atomic E-state index is -0.440. The van der Waals surface area contributed by atoms with Gasteiger partial charge in [-0.2, -0.15) is 0 Å². The number of aryl methyl sites for hydroxylation is 1. The molecule has 2 aromatic heterocycles. The third kappa shape index (κ3) is 3.26. The number of benzene rings is 1. The fourth-order valence-electron chi connectivity index (χ4n) is 3.48. The largest absolute Gasteiger partial charge is 0.383 e. The van der Waals surface area contributed by atoms with Crippen LogP contribution in [-0.2, 0) is 16.0 Å². The first-order chi connectivity index (χ1) is 13.5. The van der Waals surface area contributed by atoms with Crippen LogP contribution in [0.4, 0.5) is 11.6 Å². The number of amides is 2. The lowest BCUT2D eigenvalue weighted by atomic mass is 10.0. The monoisotopic (exact) mass is 375 g/mol. The van der Waals surface area contributed by atoms with Crippen molar-refractivity contribution in [3.8, 4) is 11.3 Å². The van der Waals surface area contributed by atoms with Crippen molar-refractivity contribution in [1.82, 2.24) is 9.97 Å². The molecule has 1 aliphatic carbocycles. The van der Waals surface area contributed by atoms with E-state index >= 15 is 0 Å². The van der Waals surface area contributed by atoms with Crippen LogP contribution in [0.2, 0.25) is 0 Å². The molecule has 5 N–H and O–H groups in total. The Kier molecular flexibility index (Phi) is 4.43. The van der Waals surface area contributed by atoms with Gasteiger partial charge in [-0.25, -0.2) is 9.97 Å². The van der Waals surface area contributed by atoms with Crippen LogP contribution < -0.4 is 16.8 Å². The molecule has 2 heterocycles. The molecule has 2 amide bonds. The summed E-state index contributed by atoms with van der Waals surface area (Å²) in [4.78, 5) is 32.2. The highest BCUT2D eigenvalue weighted by molar-refractivity contribution is 6.01. The van der Waals surface area contributed by atoms with Crippen LogP contribution in [-0.4, -0.2) is 21.8 Å². The van der Waals surface area contributed by atoms with Gasteiger partial charge in [-0.05, 0) is 35.9 Å². The number of nitrogens with one attached hydrogen (secondary N) is 1. The molecule has 0 radical (unpaired) electrons. The van der Waals surface area contributed by atoms with Crippen LogP contribution in [0.1, 0.15) is 18.9 Å². The van der Waals surface area contributed by atoms with Gasteiger partial charge in [-0.1, -0.05) is 31.2 Å². The molecule has 3 aromatic rings. The lowest BCUT2D eigenvalue weighted by molar-refractivity contribution is -0.123. The minimum absolute atomic E-state index is 0.241. The van der Waals surface area contributed by atoms with Crippen LogP contribution >= 0.6 is 0 Å². The second kappa shape index (κ2) is 6.92. The van der Waals surface area contributed by atoms with Crippen LogP contribution in [0.5, 0.6) is 0 Å². The average Bonchev–Trinajstić information content (AvgIpc) is 3.49. The van der Waals surface area contributed by atoms with E-state index in [9.17, 15) is 9.59 Å². The maximum atomic E-state index is 12.3. The molecule has 28 heavy (non-hydrogen) atoms. The zero-order valence-corrected chi connectivity index (χ0v) is 15.5. The maximum absolute atomic E-state index is 12.3. The third-order valence-corrected chi connectivity index (χ3v) is 5.16. The summed E-state index contributed by atoms with van der Waals surface area (Å²) in [6.45, 7) is 2.10. The van der Waals surface area contributed by atoms with Crippen LogP contribution in [0.15, 0.2) is 42.6 Å². The Morgan fingerprint density at radius 1 is 1.21 bits per heavy atom. The number of nitrogens with zero attached hydrogens (tertiary/aromatic N) is 2. The molecule has 0 spiro atoms. The number of hydrogen-bond acceptors (Lipinski definition) is 5. The highest BCUT2D eigenvalue weighted by Gasteiger charge is 2.47. The summed E-state index contributed by atoms with van der Waals surface area (Å²) in [7, 11) is 0. The standard InChI is InChI=1S/C21H21N5O2/c1-2-11-5-3-4-6-13(11)17-7-12-8-18(24-10-16(12)19(22)25-17)26-21(28)15-9-14(15)20(23)27/h3-8,10,14-15H,2,9H2,1H3,(H2,22,25)(H2,23,27)(H,24,26,28)/t14-,15+/m0/s1. The molecular formula is C21H21N5O2. The number of fused-ring (bicyclic) bond motifs is 1. The van der Waals surface area contributed by atoms with E-state index in [1.165, 1.54) is 5.56 Å². The highest BCUT2D eigenvalue weighted by atomic mass is 16.2. The average molecular weight is 375 g/mol. The number of nitrogens with two attached hydrogens (primary N) is 2. The van der Waals surface area contributed by atoms with Gasteiger partial charge < -0.3 is 16.8 Å². The molecule has 4 rings (SSSR count). The maximum Gasteiger partial charge on any atom is 0.229 e. The van der Waals surface area contributed by atoms with E-state index in [1.807, 2.05) is 24.3 Å². The summed E-state index contributed by atoms with van der Waals surface area (Å²) in [5.41, 5.74) is 14.4. The van der Waals surface area contributed by atoms with Gasteiger partial charge in [0.05, 0.1) is 17.5 Å². The topological polar surface area (TPSA) is 124 Å². The van der Waals surface area contributed by atoms with Crippen LogP contribution in [0.25, 0.3) is 22.0 Å². The normalized spacial score (nSPS) is 18.0. The molecule has 1 aromatic carbocycles. The number of primary amides is 1. The molecular weight excluding hydrogens is 354 g/mol. The fourth-order valence-corrected chi connectivity index (χ4v) is 3.48. The molecule has 1 fully saturated rings. The van der Waals surface area contributed by atoms with Gasteiger partial charge in [0, 0.05) is 17.1 Å². The van der Waals surface area contributed by atoms with Crippen molar-refractivity contribution in [2.24, 2.45) is 17.6 Å². The predicted molar refractivity (Wildman–Crippen MR) is 108 cm³/mol. The smallest absolute Gasteiger partial charge is 0.229 e. The number of nitrogen functional groups attached to an aromatic ring is 1. The van der Waals surface area contributed by atoms with Gasteiger partial charge in [0.2, 0.25) is 11.8 Å². The number of rotatable bonds is 5. The van der Waals surface area contributed by atoms with Crippen LogP contribution in [0, 0.1) is 11.8 Å². The predicted octanol–water partition coefficient (Wildman–Crippen LogP) is 2.50. The molecule has 1 aliphatic rings. The number of carbonyl (C=O) groups excluding carboxylic acids is 2. The molecule has 1 saturated carbocycles. The molecule has 7 heteroatoms. The zero-order valence-electron chi connectivity index (χ0n) is 15.5. The van der Waals surface area contributed by atoms with Gasteiger partial charge >= 0.3 is 0 Å². The molecule has 142 valence electrons. The zero-order chi connectivity index (χ0) is 19.8. The summed E-state index contributed by atoms with van der Waals surface area (Å²) in [6, 6.07) is 11.8. The summed E-state index contributed by atoms with van der Waals surface area (Å²) >= 11 is 0. The quantitative estimate of drug-likeness (QED) is 0.632. The van der Waals surface area contributed by atoms with E-state index in [0.717, 1.165) is 28.5 Å². The Morgan fingerprint density at radius 2 is 2.00 bits per heavy atom. The van der Waals surface area contributed by atoms with Gasteiger partial charge in [0.1, 0.15) is 11.6 Å². The number of hydrogen-bond donors (Lipinski definition) is 3. The van der Waals surface area contributed by atoms with Crippen molar-refractivity contribution in [2.75, 3.05) is 11.1 Å². The number of anilines is 2. The molecule has 0 unspecified atom stereocenters. The van der Waals surface area contributed by atoms with Crippen molar-refractivity contribution < 1.29 is 9.59 Å². The second-order valence-electron chi connectivity index (χ2n) is 7.03. The number of aromatic nitrogens is 2. The van der Waals surface area contributed by atoms with Gasteiger partial charge in [0.15, 0.2) is 0 Å². The third-order valence-electron chi connectivity index (χ3n) is 5.16. The van der Waals surface area contributed by atoms with Crippen molar-refractivity contribution >= 4 is 34.2 Å². The second-order valence-corrected chi connectivity index (χ2v) is 7.03. The lowest BCUT2D eigenvalue weighted by Gasteiger charge is -2.11. The Hall–Kier alpha value is -3.48. The first-order valence-electron chi connectivity index (χ1n) is 9.22. The number of carbonyl (C=O) groups is 2. The summed E-state index contributed by atoms with van der Waals surface area (Å²) < 4.78 is 0. The van der Waals surface area contributed by atoms with Gasteiger partial charge in [0.25, 0.3) is 0 Å². The van der Waals surface area contributed by atoms with E-state index < -0.39 is 5.91 Å². The van der Waals surface area contributed by atoms with E-state index in [-0.39, 0.29) is 17.7 Å². The van der Waals surface area contributed by atoms with Crippen molar-refractivity contribution in [3.63, 3.8) is 0 Å². The Morgan fingerprint density at radius 3 is 2.71 bits per heavy atom. The van der Waals surface area contributed by atoms with Crippen molar-refractivity contribution in [2.45, 2.75) is 19.8 Å². The lowest BCUT2D eigenvalue weighted by Crippen LogP contribution is -2.21. The van der Waals surface area contributed by atoms with E-state index in [4.69, 9.17) is 11.5 Å². The molecule has 0 saturated heterocycles. The van der Waals surface area contributed by atoms with E-state index in [1.54, 1.807) is 12.3 Å². The summed E-state index contributed by atoms with van der Waals surface area (Å²) in [5, 5.41) is 4.32. The fraction of sp³-hybridized carbons (Fsp3) is 0.238. The van der Waals surface area contributed by atoms with Gasteiger partial charge in [-0.3, -0.25) is 9.59 Å². The molecule has 0 bridgehead atoms. The molecule has 0 aliphatic heterocycles. The summed E-state index contributed by atoms with van der Waals surface area (Å²) in [5.74, 6) is -0.631. The van der Waals surface area contributed by atoms with Gasteiger partial charge in [-0.15, -0.1) is 0 Å².